The first kappa shape index (κ1) is 15.7. The number of benzene rings is 1. The molecule has 0 radical (unpaired) electrons. The minimum atomic E-state index is -0.731. The summed E-state index contributed by atoms with van der Waals surface area (Å²) in [5.74, 6) is -1.56. The van der Waals surface area contributed by atoms with Gasteiger partial charge in [-0.05, 0) is 25.1 Å². The van der Waals surface area contributed by atoms with Crippen LogP contribution in [0.4, 0.5) is 4.39 Å². The Morgan fingerprint density at radius 3 is 2.67 bits per heavy atom. The molecular formula is C14H16ClFN2O3. The molecule has 1 aromatic carbocycles. The Balaban J connectivity index is 1.99. The monoisotopic (exact) mass is 314 g/mol. The largest absolute Gasteiger partial charge is 0.378 e. The Hall–Kier alpha value is -1.66. The van der Waals surface area contributed by atoms with Gasteiger partial charge < -0.3 is 15.0 Å². The summed E-state index contributed by atoms with van der Waals surface area (Å²) in [4.78, 5) is 25.7. The fourth-order valence-electron chi connectivity index (χ4n) is 2.07. The normalized spacial score (nSPS) is 16.4. The number of nitrogens with one attached hydrogen (secondary N) is 1. The molecule has 7 heteroatoms. The molecule has 0 spiro atoms. The van der Waals surface area contributed by atoms with Crippen LogP contribution in [0.25, 0.3) is 0 Å². The van der Waals surface area contributed by atoms with Crippen LogP contribution in [0.3, 0.4) is 0 Å². The molecule has 0 bridgehead atoms. The number of hydrogen-bond acceptors (Lipinski definition) is 3. The molecule has 114 valence electrons. The van der Waals surface area contributed by atoms with E-state index in [1.807, 2.05) is 0 Å². The third-order valence-electron chi connectivity index (χ3n) is 3.22. The van der Waals surface area contributed by atoms with E-state index in [1.165, 1.54) is 12.1 Å². The highest BCUT2D eigenvalue weighted by Crippen LogP contribution is 2.14. The van der Waals surface area contributed by atoms with E-state index in [9.17, 15) is 14.0 Å². The molecule has 1 fully saturated rings. The highest BCUT2D eigenvalue weighted by molar-refractivity contribution is 6.30. The second kappa shape index (κ2) is 6.87. The number of morpholine rings is 1. The van der Waals surface area contributed by atoms with Crippen molar-refractivity contribution in [1.82, 2.24) is 10.2 Å². The summed E-state index contributed by atoms with van der Waals surface area (Å²) in [5, 5.41) is 2.71. The Morgan fingerprint density at radius 2 is 2.05 bits per heavy atom. The number of nitrogens with zero attached hydrogens (tertiary/aromatic N) is 1. The van der Waals surface area contributed by atoms with Gasteiger partial charge in [0.05, 0.1) is 18.8 Å². The Bertz CT molecular complexity index is 547. The molecule has 1 aromatic rings. The van der Waals surface area contributed by atoms with Crippen LogP contribution in [0.15, 0.2) is 18.2 Å². The first-order valence-corrected chi connectivity index (χ1v) is 6.99. The molecule has 21 heavy (non-hydrogen) atoms. The lowest BCUT2D eigenvalue weighted by Crippen LogP contribution is -2.50. The fraction of sp³-hybridized carbons (Fsp3) is 0.429. The van der Waals surface area contributed by atoms with Crippen LogP contribution in [0.1, 0.15) is 17.3 Å². The molecule has 1 heterocycles. The van der Waals surface area contributed by atoms with Gasteiger partial charge in [-0.15, -0.1) is 0 Å². The summed E-state index contributed by atoms with van der Waals surface area (Å²) in [6, 6.07) is 3.04. The maximum atomic E-state index is 13.6. The summed E-state index contributed by atoms with van der Waals surface area (Å²) >= 11 is 5.64. The third kappa shape index (κ3) is 3.92. The molecule has 5 nitrogen and oxygen atoms in total. The van der Waals surface area contributed by atoms with Crippen LogP contribution < -0.4 is 5.32 Å². The van der Waals surface area contributed by atoms with E-state index in [0.29, 0.717) is 26.3 Å². The molecular weight excluding hydrogens is 299 g/mol. The lowest BCUT2D eigenvalue weighted by atomic mass is 10.1. The van der Waals surface area contributed by atoms with Crippen LogP contribution >= 0.6 is 11.6 Å². The minimum absolute atomic E-state index is 0.138. The maximum absolute atomic E-state index is 13.6. The molecule has 1 aliphatic heterocycles. The predicted octanol–water partition coefficient (Wildman–Crippen LogP) is 1.46. The van der Waals surface area contributed by atoms with Crippen LogP contribution in [0.5, 0.6) is 0 Å². The number of rotatable bonds is 3. The smallest absolute Gasteiger partial charge is 0.254 e. The van der Waals surface area contributed by atoms with E-state index in [1.54, 1.807) is 11.8 Å². The number of hydrogen-bond donors (Lipinski definition) is 1. The number of halogens is 2. The summed E-state index contributed by atoms with van der Waals surface area (Å²) < 4.78 is 18.8. The van der Waals surface area contributed by atoms with Crippen molar-refractivity contribution in [2.24, 2.45) is 0 Å². The Labute approximate surface area is 127 Å². The van der Waals surface area contributed by atoms with E-state index in [0.717, 1.165) is 6.07 Å². The number of amides is 2. The van der Waals surface area contributed by atoms with Crippen molar-refractivity contribution in [2.45, 2.75) is 13.0 Å². The van der Waals surface area contributed by atoms with E-state index in [-0.39, 0.29) is 16.5 Å². The van der Waals surface area contributed by atoms with Gasteiger partial charge in [0.2, 0.25) is 5.91 Å². The highest BCUT2D eigenvalue weighted by Gasteiger charge is 2.24. The van der Waals surface area contributed by atoms with Crippen molar-refractivity contribution in [1.29, 1.82) is 0 Å². The zero-order chi connectivity index (χ0) is 15.4. The number of ether oxygens (including phenoxy) is 1. The van der Waals surface area contributed by atoms with Gasteiger partial charge >= 0.3 is 0 Å². The molecule has 1 atom stereocenters. The van der Waals surface area contributed by atoms with E-state index < -0.39 is 17.8 Å². The second-order valence-electron chi connectivity index (χ2n) is 4.76. The molecule has 0 aliphatic carbocycles. The first-order chi connectivity index (χ1) is 9.99. The van der Waals surface area contributed by atoms with Gasteiger partial charge in [0.25, 0.3) is 5.91 Å². The van der Waals surface area contributed by atoms with Crippen LogP contribution in [0, 0.1) is 5.82 Å². The Morgan fingerprint density at radius 1 is 1.38 bits per heavy atom. The van der Waals surface area contributed by atoms with Crippen molar-refractivity contribution >= 4 is 23.4 Å². The molecule has 1 saturated heterocycles. The molecule has 0 saturated carbocycles. The molecule has 1 N–H and O–H groups in total. The second-order valence-corrected chi connectivity index (χ2v) is 5.19. The van der Waals surface area contributed by atoms with Crippen LogP contribution in [0.2, 0.25) is 5.02 Å². The van der Waals surface area contributed by atoms with Crippen LogP contribution in [-0.2, 0) is 9.53 Å². The van der Waals surface area contributed by atoms with E-state index in [2.05, 4.69) is 5.32 Å². The van der Waals surface area contributed by atoms with Crippen molar-refractivity contribution in [3.8, 4) is 0 Å². The molecule has 0 unspecified atom stereocenters. The Kier molecular flexibility index (Phi) is 5.14. The van der Waals surface area contributed by atoms with Crippen LogP contribution in [-0.4, -0.2) is 49.1 Å². The zero-order valence-corrected chi connectivity index (χ0v) is 12.3. The summed E-state index contributed by atoms with van der Waals surface area (Å²) in [5.41, 5.74) is -0.138. The van der Waals surface area contributed by atoms with Gasteiger partial charge in [-0.25, -0.2) is 4.39 Å². The lowest BCUT2D eigenvalue weighted by molar-refractivity contribution is -0.136. The number of carbonyl (C=O) groups excluding carboxylic acids is 2. The standard InChI is InChI=1S/C14H16ClFN2O3/c1-9(14(20)18-4-6-21-7-5-18)17-13(19)11-3-2-10(15)8-12(11)16/h2-3,8-9H,4-7H2,1H3,(H,17,19)/t9-/m1/s1. The number of carbonyl (C=O) groups is 2. The third-order valence-corrected chi connectivity index (χ3v) is 3.45. The molecule has 2 amide bonds. The van der Waals surface area contributed by atoms with Gasteiger partial charge in [-0.2, -0.15) is 0 Å². The summed E-state index contributed by atoms with van der Waals surface area (Å²) in [6.07, 6.45) is 0. The van der Waals surface area contributed by atoms with E-state index in [4.69, 9.17) is 16.3 Å². The minimum Gasteiger partial charge on any atom is -0.378 e. The highest BCUT2D eigenvalue weighted by atomic mass is 35.5. The van der Waals surface area contributed by atoms with Gasteiger partial charge in [-0.3, -0.25) is 9.59 Å². The zero-order valence-electron chi connectivity index (χ0n) is 11.6. The van der Waals surface area contributed by atoms with E-state index >= 15 is 0 Å². The molecule has 0 aromatic heterocycles. The average molecular weight is 315 g/mol. The van der Waals surface area contributed by atoms with Gasteiger partial charge in [0.15, 0.2) is 0 Å². The van der Waals surface area contributed by atoms with Gasteiger partial charge in [-0.1, -0.05) is 11.6 Å². The topological polar surface area (TPSA) is 58.6 Å². The quantitative estimate of drug-likeness (QED) is 0.919. The summed E-state index contributed by atoms with van der Waals surface area (Å²) in [7, 11) is 0. The average Bonchev–Trinajstić information content (AvgIpc) is 2.47. The summed E-state index contributed by atoms with van der Waals surface area (Å²) in [6.45, 7) is 3.53. The van der Waals surface area contributed by atoms with Gasteiger partial charge in [0, 0.05) is 18.1 Å². The van der Waals surface area contributed by atoms with Crippen molar-refractivity contribution in [3.05, 3.63) is 34.6 Å². The van der Waals surface area contributed by atoms with Gasteiger partial charge in [0.1, 0.15) is 11.9 Å². The fourth-order valence-corrected chi connectivity index (χ4v) is 2.23. The predicted molar refractivity (Wildman–Crippen MR) is 75.7 cm³/mol. The molecule has 2 rings (SSSR count). The maximum Gasteiger partial charge on any atom is 0.254 e. The molecule has 1 aliphatic rings. The van der Waals surface area contributed by atoms with Crippen molar-refractivity contribution < 1.29 is 18.7 Å². The lowest BCUT2D eigenvalue weighted by Gasteiger charge is -2.29. The van der Waals surface area contributed by atoms with Crippen molar-refractivity contribution in [2.75, 3.05) is 26.3 Å². The SMILES string of the molecule is C[C@@H](NC(=O)c1ccc(Cl)cc1F)C(=O)N1CCOCC1. The first-order valence-electron chi connectivity index (χ1n) is 6.61. The van der Waals surface area contributed by atoms with Crippen molar-refractivity contribution in [3.63, 3.8) is 0 Å².